The van der Waals surface area contributed by atoms with Crippen LogP contribution < -0.4 is 5.32 Å². The molecule has 0 spiro atoms. The summed E-state index contributed by atoms with van der Waals surface area (Å²) in [4.78, 5) is 11.4. The minimum atomic E-state index is 0.138. The zero-order chi connectivity index (χ0) is 10.1. The minimum absolute atomic E-state index is 0.138. The Morgan fingerprint density at radius 2 is 2.21 bits per heavy atom. The van der Waals surface area contributed by atoms with Gasteiger partial charge in [0.15, 0.2) is 0 Å². The van der Waals surface area contributed by atoms with Crippen LogP contribution in [0.15, 0.2) is 18.2 Å². The first-order valence-electron chi connectivity index (χ1n) is 5.03. The largest absolute Gasteiger partial charge is 0.355 e. The second-order valence-electron chi connectivity index (χ2n) is 4.08. The molecule has 1 unspecified atom stereocenters. The van der Waals surface area contributed by atoms with Gasteiger partial charge in [-0.1, -0.05) is 30.7 Å². The molecule has 0 aliphatic carbocycles. The number of nitrogens with one attached hydrogen (secondary N) is 1. The molecule has 1 aromatic rings. The van der Waals surface area contributed by atoms with Gasteiger partial charge in [0, 0.05) is 6.54 Å². The van der Waals surface area contributed by atoms with Gasteiger partial charge in [-0.3, -0.25) is 4.79 Å². The van der Waals surface area contributed by atoms with Gasteiger partial charge >= 0.3 is 0 Å². The third kappa shape index (κ3) is 1.65. The Hall–Kier alpha value is -1.31. The maximum Gasteiger partial charge on any atom is 0.224 e. The van der Waals surface area contributed by atoms with Crippen LogP contribution in [0.1, 0.15) is 29.5 Å². The van der Waals surface area contributed by atoms with Gasteiger partial charge in [-0.15, -0.1) is 0 Å². The van der Waals surface area contributed by atoms with E-state index < -0.39 is 0 Å². The quantitative estimate of drug-likeness (QED) is 0.662. The second kappa shape index (κ2) is 3.45. The predicted octanol–water partition coefficient (Wildman–Crippen LogP) is 1.77. The average molecular weight is 189 g/mol. The molecule has 1 aliphatic heterocycles. The Bertz CT molecular complexity index is 371. The molecule has 0 aromatic heterocycles. The lowest BCUT2D eigenvalue weighted by molar-refractivity contribution is -0.120. The van der Waals surface area contributed by atoms with E-state index in [1.165, 1.54) is 16.7 Å². The number of hydrogen-bond donors (Lipinski definition) is 1. The van der Waals surface area contributed by atoms with Gasteiger partial charge in [0.25, 0.3) is 0 Å². The highest BCUT2D eigenvalue weighted by Crippen LogP contribution is 2.23. The van der Waals surface area contributed by atoms with E-state index in [0.29, 0.717) is 12.3 Å². The second-order valence-corrected chi connectivity index (χ2v) is 4.08. The standard InChI is InChI=1S/C12H15NO/c1-8-3-4-10-6-12(14)13-7-9(2)11(10)5-8/h3-5,9H,6-7H2,1-2H3,(H,13,14). The van der Waals surface area contributed by atoms with Crippen molar-refractivity contribution in [2.24, 2.45) is 0 Å². The first kappa shape index (κ1) is 9.25. The molecule has 1 aliphatic rings. The zero-order valence-corrected chi connectivity index (χ0v) is 8.63. The fourth-order valence-electron chi connectivity index (χ4n) is 1.95. The number of hydrogen-bond acceptors (Lipinski definition) is 1. The smallest absolute Gasteiger partial charge is 0.224 e. The van der Waals surface area contributed by atoms with Gasteiger partial charge in [-0.05, 0) is 24.0 Å². The van der Waals surface area contributed by atoms with Crippen LogP contribution in [0, 0.1) is 6.92 Å². The number of carbonyl (C=O) groups excluding carboxylic acids is 1. The zero-order valence-electron chi connectivity index (χ0n) is 8.63. The van der Waals surface area contributed by atoms with Crippen LogP contribution in [-0.2, 0) is 11.2 Å². The van der Waals surface area contributed by atoms with Crippen LogP contribution in [0.2, 0.25) is 0 Å². The molecule has 0 radical (unpaired) electrons. The lowest BCUT2D eigenvalue weighted by Crippen LogP contribution is -2.25. The van der Waals surface area contributed by atoms with Gasteiger partial charge in [0.05, 0.1) is 6.42 Å². The van der Waals surface area contributed by atoms with Crippen LogP contribution in [0.5, 0.6) is 0 Å². The molecule has 2 nitrogen and oxygen atoms in total. The molecule has 0 saturated carbocycles. The Labute approximate surface area is 84.3 Å². The van der Waals surface area contributed by atoms with Crippen molar-refractivity contribution in [3.63, 3.8) is 0 Å². The maximum absolute atomic E-state index is 11.4. The van der Waals surface area contributed by atoms with Gasteiger partial charge in [0.1, 0.15) is 0 Å². The molecular weight excluding hydrogens is 174 g/mol. The van der Waals surface area contributed by atoms with Crippen LogP contribution in [0.3, 0.4) is 0 Å². The van der Waals surface area contributed by atoms with E-state index in [-0.39, 0.29) is 5.91 Å². The van der Waals surface area contributed by atoms with Crippen LogP contribution in [0.25, 0.3) is 0 Å². The van der Waals surface area contributed by atoms with Gasteiger partial charge < -0.3 is 5.32 Å². The van der Waals surface area contributed by atoms with Crippen molar-refractivity contribution >= 4 is 5.91 Å². The van der Waals surface area contributed by atoms with E-state index in [2.05, 4.69) is 37.4 Å². The summed E-state index contributed by atoms with van der Waals surface area (Å²) in [5.41, 5.74) is 3.77. The maximum atomic E-state index is 11.4. The summed E-state index contributed by atoms with van der Waals surface area (Å²) in [6, 6.07) is 6.34. The molecule has 1 N–H and O–H groups in total. The Balaban J connectivity index is 2.46. The third-order valence-corrected chi connectivity index (χ3v) is 2.79. The third-order valence-electron chi connectivity index (χ3n) is 2.79. The number of aryl methyl sites for hydroxylation is 1. The summed E-state index contributed by atoms with van der Waals surface area (Å²) >= 11 is 0. The van der Waals surface area contributed by atoms with Crippen molar-refractivity contribution < 1.29 is 4.79 Å². The molecular formula is C12H15NO. The SMILES string of the molecule is Cc1ccc2c(c1)C(C)CNC(=O)C2. The van der Waals surface area contributed by atoms with Crippen LogP contribution >= 0.6 is 0 Å². The lowest BCUT2D eigenvalue weighted by atomic mass is 9.94. The van der Waals surface area contributed by atoms with Crippen molar-refractivity contribution in [2.75, 3.05) is 6.54 Å². The molecule has 1 heterocycles. The molecule has 1 atom stereocenters. The highest BCUT2D eigenvalue weighted by Gasteiger charge is 2.18. The lowest BCUT2D eigenvalue weighted by Gasteiger charge is -2.12. The number of fused-ring (bicyclic) bond motifs is 1. The summed E-state index contributed by atoms with van der Waals surface area (Å²) in [6.45, 7) is 5.01. The molecule has 1 amide bonds. The summed E-state index contributed by atoms with van der Waals surface area (Å²) in [5.74, 6) is 0.566. The number of carbonyl (C=O) groups is 1. The Morgan fingerprint density at radius 3 is 3.00 bits per heavy atom. The number of amides is 1. The van der Waals surface area contributed by atoms with E-state index in [4.69, 9.17) is 0 Å². The van der Waals surface area contributed by atoms with Crippen molar-refractivity contribution in [3.8, 4) is 0 Å². The highest BCUT2D eigenvalue weighted by molar-refractivity contribution is 5.79. The van der Waals surface area contributed by atoms with Gasteiger partial charge in [-0.2, -0.15) is 0 Å². The predicted molar refractivity (Wildman–Crippen MR) is 56.3 cm³/mol. The van der Waals surface area contributed by atoms with Crippen LogP contribution in [-0.4, -0.2) is 12.5 Å². The molecule has 14 heavy (non-hydrogen) atoms. The molecule has 1 aromatic carbocycles. The van der Waals surface area contributed by atoms with E-state index in [1.807, 2.05) is 0 Å². The normalized spacial score (nSPS) is 21.0. The molecule has 2 rings (SSSR count). The summed E-state index contributed by atoms with van der Waals surface area (Å²) in [7, 11) is 0. The Kier molecular flexibility index (Phi) is 2.28. The van der Waals surface area contributed by atoms with Crippen molar-refractivity contribution in [1.82, 2.24) is 5.32 Å². The van der Waals surface area contributed by atoms with E-state index in [9.17, 15) is 4.79 Å². The topological polar surface area (TPSA) is 29.1 Å². The van der Waals surface area contributed by atoms with Crippen molar-refractivity contribution in [1.29, 1.82) is 0 Å². The van der Waals surface area contributed by atoms with Crippen molar-refractivity contribution in [3.05, 3.63) is 34.9 Å². The first-order chi connectivity index (χ1) is 6.66. The van der Waals surface area contributed by atoms with Gasteiger partial charge in [-0.25, -0.2) is 0 Å². The van der Waals surface area contributed by atoms with Crippen LogP contribution in [0.4, 0.5) is 0 Å². The Morgan fingerprint density at radius 1 is 1.43 bits per heavy atom. The molecule has 74 valence electrons. The monoisotopic (exact) mass is 189 g/mol. The van der Waals surface area contributed by atoms with E-state index in [0.717, 1.165) is 6.54 Å². The fourth-order valence-corrected chi connectivity index (χ4v) is 1.95. The summed E-state index contributed by atoms with van der Waals surface area (Å²) in [6.07, 6.45) is 0.528. The van der Waals surface area contributed by atoms with Crippen molar-refractivity contribution in [2.45, 2.75) is 26.2 Å². The van der Waals surface area contributed by atoms with Gasteiger partial charge in [0.2, 0.25) is 5.91 Å². The average Bonchev–Trinajstić information content (AvgIpc) is 2.29. The minimum Gasteiger partial charge on any atom is -0.355 e. The summed E-state index contributed by atoms with van der Waals surface area (Å²) in [5, 5.41) is 2.92. The molecule has 2 heteroatoms. The number of benzene rings is 1. The molecule has 0 saturated heterocycles. The highest BCUT2D eigenvalue weighted by atomic mass is 16.1. The van der Waals surface area contributed by atoms with E-state index >= 15 is 0 Å². The molecule has 0 fully saturated rings. The van der Waals surface area contributed by atoms with E-state index in [1.54, 1.807) is 0 Å². The number of rotatable bonds is 0. The fraction of sp³-hybridized carbons (Fsp3) is 0.417. The first-order valence-corrected chi connectivity index (χ1v) is 5.03. The summed E-state index contributed by atoms with van der Waals surface area (Å²) < 4.78 is 0. The molecule has 0 bridgehead atoms.